The molecule has 1 aliphatic rings. The number of hydrogen-bond acceptors (Lipinski definition) is 8. The number of aryl methyl sites for hydroxylation is 4. The second-order valence-corrected chi connectivity index (χ2v) is 10.4. The molecule has 1 fully saturated rings. The van der Waals surface area contributed by atoms with Crippen LogP contribution in [-0.2, 0) is 26.2 Å². The minimum atomic E-state index is 0.705. The maximum absolute atomic E-state index is 5.72. The molecule has 0 radical (unpaired) electrons. The number of rotatable bonds is 12. The zero-order valence-electron chi connectivity index (χ0n) is 26.7. The molecule has 12 nitrogen and oxygen atoms in total. The van der Waals surface area contributed by atoms with Gasteiger partial charge in [0, 0.05) is 59.9 Å². The average Bonchev–Trinajstić information content (AvgIpc) is 3.68. The second kappa shape index (κ2) is 14.2. The first-order chi connectivity index (χ1) is 21.5. The third kappa shape index (κ3) is 6.43. The smallest absolute Gasteiger partial charge is 0.421 e. The van der Waals surface area contributed by atoms with Crippen LogP contribution in [0.2, 0.25) is 0 Å². The third-order valence-electron chi connectivity index (χ3n) is 8.07. The van der Waals surface area contributed by atoms with Gasteiger partial charge in [0.15, 0.2) is 0 Å². The van der Waals surface area contributed by atoms with Gasteiger partial charge in [-0.05, 0) is 52.0 Å². The fourth-order valence-electron chi connectivity index (χ4n) is 5.45. The van der Waals surface area contributed by atoms with Crippen molar-refractivity contribution in [2.45, 2.75) is 53.9 Å². The van der Waals surface area contributed by atoms with E-state index in [0.29, 0.717) is 22.9 Å². The highest BCUT2D eigenvalue weighted by molar-refractivity contribution is 5.64. The van der Waals surface area contributed by atoms with Gasteiger partial charge in [-0.3, -0.25) is 0 Å². The zero-order chi connectivity index (χ0) is 31.1. The normalized spacial score (nSPS) is 13.9. The lowest BCUT2D eigenvalue weighted by molar-refractivity contribution is -0.680. The van der Waals surface area contributed by atoms with Crippen LogP contribution in [0.15, 0.2) is 81.6 Å². The van der Waals surface area contributed by atoms with Gasteiger partial charge in [0.1, 0.15) is 22.9 Å². The van der Waals surface area contributed by atoms with E-state index in [1.54, 1.807) is 14.2 Å². The first kappa shape index (κ1) is 30.7. The van der Waals surface area contributed by atoms with Crippen molar-refractivity contribution in [3.63, 3.8) is 0 Å². The van der Waals surface area contributed by atoms with Gasteiger partial charge in [-0.2, -0.15) is 0 Å². The summed E-state index contributed by atoms with van der Waals surface area (Å²) in [5, 5.41) is 18.2. The Labute approximate surface area is 259 Å². The number of azo groups is 2. The molecule has 44 heavy (non-hydrogen) atoms. The Balaban J connectivity index is 1.26. The van der Waals surface area contributed by atoms with Gasteiger partial charge in [-0.25, -0.2) is 18.3 Å². The highest BCUT2D eigenvalue weighted by Crippen LogP contribution is 2.35. The summed E-state index contributed by atoms with van der Waals surface area (Å²) in [6.07, 6.45) is 8.12. The number of nitrogens with zero attached hydrogens (tertiary/aromatic N) is 10. The van der Waals surface area contributed by atoms with E-state index in [4.69, 9.17) is 9.47 Å². The molecule has 5 rings (SSSR count). The molecule has 2 aromatic heterocycles. The first-order valence-corrected chi connectivity index (χ1v) is 15.4. The molecule has 1 saturated heterocycles. The van der Waals surface area contributed by atoms with Crippen LogP contribution in [0.5, 0.6) is 11.5 Å². The predicted molar refractivity (Wildman–Crippen MR) is 171 cm³/mol. The van der Waals surface area contributed by atoms with Crippen LogP contribution in [0.1, 0.15) is 27.7 Å². The lowest BCUT2D eigenvalue weighted by atomic mass is 10.2. The molecular weight excluding hydrogens is 556 g/mol. The summed E-state index contributed by atoms with van der Waals surface area (Å²) >= 11 is 0. The largest absolute Gasteiger partial charge is 0.494 e. The van der Waals surface area contributed by atoms with Gasteiger partial charge >= 0.3 is 11.9 Å². The second-order valence-electron chi connectivity index (χ2n) is 10.4. The van der Waals surface area contributed by atoms with E-state index in [-0.39, 0.29) is 0 Å². The van der Waals surface area contributed by atoms with Gasteiger partial charge in [0.25, 0.3) is 0 Å². The fraction of sp³-hybridized carbons (Fsp3) is 0.438. The standard InChI is InChI=1S/C32H44N10O2/c1-7-37-15-16-38(8-2)31(37)35-33-27-13-11-25(23-29(27)43-5)41-19-21-42(22-20-41)26-12-14-28(30(24-26)44-6)34-36-32-39(9-3)17-18-40(32)10-4/h11-18,23-24H,7-10,19-22H2,1-6H3/q+2. The first-order valence-electron chi connectivity index (χ1n) is 15.4. The van der Waals surface area contributed by atoms with Crippen LogP contribution in [0.25, 0.3) is 0 Å². The quantitative estimate of drug-likeness (QED) is 0.145. The number of imidazole rings is 2. The maximum Gasteiger partial charge on any atom is 0.421 e. The van der Waals surface area contributed by atoms with Crippen molar-refractivity contribution in [2.24, 2.45) is 20.5 Å². The monoisotopic (exact) mass is 600 g/mol. The zero-order valence-corrected chi connectivity index (χ0v) is 26.7. The summed E-state index contributed by atoms with van der Waals surface area (Å²) in [7, 11) is 3.35. The number of benzene rings is 2. The van der Waals surface area contributed by atoms with Crippen LogP contribution in [-0.4, -0.2) is 49.5 Å². The summed E-state index contributed by atoms with van der Waals surface area (Å²) in [5.74, 6) is 3.05. The Bertz CT molecular complexity index is 1450. The molecule has 4 aromatic rings. The highest BCUT2D eigenvalue weighted by Gasteiger charge is 2.21. The van der Waals surface area contributed by atoms with Crippen molar-refractivity contribution in [3.05, 3.63) is 61.2 Å². The molecule has 3 heterocycles. The van der Waals surface area contributed by atoms with Crippen LogP contribution in [0.4, 0.5) is 34.6 Å². The number of ether oxygens (including phenoxy) is 2. The molecular formula is C32H44N10O2+2. The van der Waals surface area contributed by atoms with Crippen LogP contribution in [0, 0.1) is 0 Å². The van der Waals surface area contributed by atoms with Crippen molar-refractivity contribution >= 4 is 34.6 Å². The van der Waals surface area contributed by atoms with E-state index >= 15 is 0 Å². The Morgan fingerprint density at radius 3 is 1.36 bits per heavy atom. The van der Waals surface area contributed by atoms with Crippen molar-refractivity contribution in [2.75, 3.05) is 50.2 Å². The number of methoxy groups -OCH3 is 2. The van der Waals surface area contributed by atoms with Crippen molar-refractivity contribution in [1.82, 2.24) is 9.13 Å². The number of hydrogen-bond donors (Lipinski definition) is 0. The number of anilines is 2. The molecule has 1 aliphatic heterocycles. The molecule has 0 aliphatic carbocycles. The van der Waals surface area contributed by atoms with Crippen molar-refractivity contribution in [3.8, 4) is 11.5 Å². The molecule has 0 atom stereocenters. The number of aromatic nitrogens is 4. The van der Waals surface area contributed by atoms with Crippen LogP contribution < -0.4 is 28.4 Å². The number of piperazine rings is 1. The Morgan fingerprint density at radius 2 is 1.02 bits per heavy atom. The van der Waals surface area contributed by atoms with Crippen LogP contribution in [0.3, 0.4) is 0 Å². The lowest BCUT2D eigenvalue weighted by Gasteiger charge is -2.37. The topological polar surface area (TPSA) is 92.0 Å². The summed E-state index contributed by atoms with van der Waals surface area (Å²) in [6.45, 7) is 15.2. The van der Waals surface area contributed by atoms with E-state index in [0.717, 1.165) is 75.6 Å². The molecule has 2 aromatic carbocycles. The molecule has 232 valence electrons. The molecule has 0 spiro atoms. The molecule has 0 N–H and O–H groups in total. The minimum absolute atomic E-state index is 0.705. The summed E-state index contributed by atoms with van der Waals surface area (Å²) in [5.41, 5.74) is 3.63. The molecule has 12 heteroatoms. The van der Waals surface area contributed by atoms with Crippen LogP contribution >= 0.6 is 0 Å². The summed E-state index contributed by atoms with van der Waals surface area (Å²) in [4.78, 5) is 4.75. The third-order valence-corrected chi connectivity index (χ3v) is 8.07. The van der Waals surface area contributed by atoms with Crippen molar-refractivity contribution in [1.29, 1.82) is 0 Å². The summed E-state index contributed by atoms with van der Waals surface area (Å²) < 4.78 is 19.7. The lowest BCUT2D eigenvalue weighted by Crippen LogP contribution is -2.46. The minimum Gasteiger partial charge on any atom is -0.494 e. The Morgan fingerprint density at radius 1 is 0.614 bits per heavy atom. The Kier molecular flexibility index (Phi) is 9.88. The van der Waals surface area contributed by atoms with E-state index in [1.165, 1.54) is 0 Å². The van der Waals surface area contributed by atoms with Gasteiger partial charge in [-0.1, -0.05) is 10.2 Å². The summed E-state index contributed by atoms with van der Waals surface area (Å²) in [6, 6.07) is 12.3. The van der Waals surface area contributed by atoms with Gasteiger partial charge in [0.2, 0.25) is 0 Å². The van der Waals surface area contributed by atoms with Crippen molar-refractivity contribution < 1.29 is 18.6 Å². The predicted octanol–water partition coefficient (Wildman–Crippen LogP) is 6.12. The molecule has 0 bridgehead atoms. The Hall–Kier alpha value is -4.74. The van der Waals surface area contributed by atoms with Gasteiger partial charge in [0.05, 0.1) is 65.2 Å². The fourth-order valence-corrected chi connectivity index (χ4v) is 5.45. The molecule has 0 amide bonds. The maximum atomic E-state index is 5.72. The van der Waals surface area contributed by atoms with Gasteiger partial charge in [-0.15, -0.1) is 0 Å². The van der Waals surface area contributed by atoms with E-state index in [9.17, 15) is 0 Å². The SMILES string of the molecule is CCn1cc[n+](CC)c1N=Nc1ccc(N2CCN(c3ccc(N=Nc4n(CC)cc[n+]4CC)c(OC)c3)CC2)cc1OC. The van der Waals surface area contributed by atoms with E-state index in [1.807, 2.05) is 36.9 Å². The molecule has 0 unspecified atom stereocenters. The van der Waals surface area contributed by atoms with E-state index < -0.39 is 0 Å². The highest BCUT2D eigenvalue weighted by atomic mass is 16.5. The van der Waals surface area contributed by atoms with Gasteiger partial charge < -0.3 is 19.3 Å². The molecule has 0 saturated carbocycles. The van der Waals surface area contributed by atoms with E-state index in [2.05, 4.69) is 100 Å². The average molecular weight is 601 g/mol.